The molecule has 1 aliphatic carbocycles. The monoisotopic (exact) mass is 490 g/mol. The van der Waals surface area contributed by atoms with Gasteiger partial charge in [-0.25, -0.2) is 0 Å². The molecule has 196 valence electrons. The molecule has 0 aromatic heterocycles. The van der Waals surface area contributed by atoms with E-state index in [1.807, 2.05) is 13.8 Å². The maximum absolute atomic E-state index is 11.7. The average molecular weight is 491 g/mol. The van der Waals surface area contributed by atoms with Gasteiger partial charge in [0.2, 0.25) is 0 Å². The molecule has 0 radical (unpaired) electrons. The molecule has 0 N–H and O–H groups in total. The number of hydrogen-bond donors (Lipinski definition) is 0. The number of hydrogen-bond acceptors (Lipinski definition) is 7. The van der Waals surface area contributed by atoms with E-state index < -0.39 is 30.4 Å². The Morgan fingerprint density at radius 1 is 0.971 bits per heavy atom. The van der Waals surface area contributed by atoms with Crippen molar-refractivity contribution in [1.82, 2.24) is 0 Å². The summed E-state index contributed by atoms with van der Waals surface area (Å²) in [6, 6.07) is 8.37. The van der Waals surface area contributed by atoms with E-state index in [4.69, 9.17) is 23.7 Å². The maximum atomic E-state index is 11.7. The van der Waals surface area contributed by atoms with Gasteiger partial charge in [0.05, 0.1) is 12.7 Å². The molecule has 2 aliphatic rings. The zero-order valence-corrected chi connectivity index (χ0v) is 21.7. The van der Waals surface area contributed by atoms with Gasteiger partial charge in [-0.15, -0.1) is 0 Å². The van der Waals surface area contributed by atoms with Crippen LogP contribution >= 0.6 is 0 Å². The molecule has 35 heavy (non-hydrogen) atoms. The van der Waals surface area contributed by atoms with Crippen molar-refractivity contribution < 1.29 is 33.3 Å². The van der Waals surface area contributed by atoms with Crippen molar-refractivity contribution in [2.45, 2.75) is 104 Å². The minimum Gasteiger partial charge on any atom is -0.493 e. The second kappa shape index (κ2) is 13.8. The van der Waals surface area contributed by atoms with Gasteiger partial charge in [-0.3, -0.25) is 9.59 Å². The normalized spacial score (nSPS) is 26.9. The molecule has 3 rings (SSSR count). The molecule has 0 amide bonds. The van der Waals surface area contributed by atoms with Gasteiger partial charge >= 0.3 is 11.9 Å². The molecule has 0 bridgehead atoms. The van der Waals surface area contributed by atoms with Crippen LogP contribution in [0.1, 0.15) is 78.2 Å². The van der Waals surface area contributed by atoms with E-state index in [2.05, 4.69) is 24.3 Å². The first-order valence-corrected chi connectivity index (χ1v) is 13.2. The second-order valence-electron chi connectivity index (χ2n) is 9.89. The summed E-state index contributed by atoms with van der Waals surface area (Å²) in [5.41, 5.74) is 1.26. The third kappa shape index (κ3) is 8.50. The Labute approximate surface area is 209 Å². The SMILES string of the molecule is CC[C@H]1O[C@@H](OCCCCc2ccc(OCC3CCCC3)cc2)[C@H](OC(C)=O)[C@@H](OC(C)=O)[C@@H]1C. The van der Waals surface area contributed by atoms with E-state index in [9.17, 15) is 9.59 Å². The predicted molar refractivity (Wildman–Crippen MR) is 132 cm³/mol. The minimum absolute atomic E-state index is 0.113. The molecule has 0 spiro atoms. The summed E-state index contributed by atoms with van der Waals surface area (Å²) in [5.74, 6) is 0.671. The van der Waals surface area contributed by atoms with Crippen LogP contribution < -0.4 is 4.74 Å². The molecule has 2 fully saturated rings. The van der Waals surface area contributed by atoms with Crippen LogP contribution in [-0.2, 0) is 35.0 Å². The molecule has 1 heterocycles. The Bertz CT molecular complexity index is 787. The first-order valence-electron chi connectivity index (χ1n) is 13.2. The molecule has 7 heteroatoms. The lowest BCUT2D eigenvalue weighted by molar-refractivity contribution is -0.290. The molecule has 0 unspecified atom stereocenters. The van der Waals surface area contributed by atoms with Crippen molar-refractivity contribution in [3.05, 3.63) is 29.8 Å². The Hall–Kier alpha value is -2.12. The van der Waals surface area contributed by atoms with Gasteiger partial charge in [-0.2, -0.15) is 0 Å². The van der Waals surface area contributed by atoms with Crippen molar-refractivity contribution in [2.24, 2.45) is 11.8 Å². The Morgan fingerprint density at radius 2 is 1.63 bits per heavy atom. The first-order chi connectivity index (χ1) is 16.9. The van der Waals surface area contributed by atoms with E-state index in [0.29, 0.717) is 12.5 Å². The summed E-state index contributed by atoms with van der Waals surface area (Å²) in [6.45, 7) is 7.94. The maximum Gasteiger partial charge on any atom is 0.303 e. The molecule has 1 aromatic rings. The summed E-state index contributed by atoms with van der Waals surface area (Å²) >= 11 is 0. The van der Waals surface area contributed by atoms with Gasteiger partial charge in [-0.05, 0) is 62.1 Å². The van der Waals surface area contributed by atoms with Gasteiger partial charge in [0.1, 0.15) is 11.9 Å². The fraction of sp³-hybridized carbons (Fsp3) is 0.714. The molecule has 7 nitrogen and oxygen atoms in total. The third-order valence-corrected chi connectivity index (χ3v) is 7.04. The van der Waals surface area contributed by atoms with E-state index in [0.717, 1.165) is 38.0 Å². The number of aryl methyl sites for hydroxylation is 1. The summed E-state index contributed by atoms with van der Waals surface area (Å²) in [6.07, 6.45) is 6.41. The average Bonchev–Trinajstić information content (AvgIpc) is 3.35. The van der Waals surface area contributed by atoms with Gasteiger partial charge < -0.3 is 23.7 Å². The van der Waals surface area contributed by atoms with Crippen LogP contribution in [0.4, 0.5) is 0 Å². The molecular formula is C28H42O7. The van der Waals surface area contributed by atoms with Crippen LogP contribution in [0.15, 0.2) is 24.3 Å². The Kier molecular flexibility index (Phi) is 10.9. The third-order valence-electron chi connectivity index (χ3n) is 7.04. The van der Waals surface area contributed by atoms with Crippen LogP contribution in [0.5, 0.6) is 5.75 Å². The highest BCUT2D eigenvalue weighted by atomic mass is 16.7. The topological polar surface area (TPSA) is 80.3 Å². The van der Waals surface area contributed by atoms with E-state index >= 15 is 0 Å². The molecule has 1 saturated heterocycles. The van der Waals surface area contributed by atoms with Crippen LogP contribution in [0, 0.1) is 11.8 Å². The second-order valence-corrected chi connectivity index (χ2v) is 9.89. The van der Waals surface area contributed by atoms with Crippen molar-refractivity contribution in [2.75, 3.05) is 13.2 Å². The van der Waals surface area contributed by atoms with Crippen molar-refractivity contribution in [1.29, 1.82) is 0 Å². The summed E-state index contributed by atoms with van der Waals surface area (Å²) in [7, 11) is 0. The molecule has 5 atom stereocenters. The smallest absolute Gasteiger partial charge is 0.303 e. The van der Waals surface area contributed by atoms with Gasteiger partial charge in [0.15, 0.2) is 12.4 Å². The van der Waals surface area contributed by atoms with Crippen molar-refractivity contribution >= 4 is 11.9 Å². The summed E-state index contributed by atoms with van der Waals surface area (Å²) < 4.78 is 29.1. The zero-order valence-electron chi connectivity index (χ0n) is 21.7. The van der Waals surface area contributed by atoms with Crippen LogP contribution in [-0.4, -0.2) is 49.8 Å². The number of ether oxygens (including phenoxy) is 5. The number of esters is 2. The van der Waals surface area contributed by atoms with E-state index in [1.54, 1.807) is 0 Å². The number of carbonyl (C=O) groups excluding carboxylic acids is 2. The first kappa shape index (κ1) is 27.5. The highest BCUT2D eigenvalue weighted by molar-refractivity contribution is 5.67. The highest BCUT2D eigenvalue weighted by Crippen LogP contribution is 2.33. The standard InChI is InChI=1S/C28H42O7/c1-5-25-19(2)26(33-20(3)29)27(34-21(4)30)28(35-25)31-17-9-8-10-22-13-15-24(16-14-22)32-18-23-11-6-7-12-23/h13-16,19,23,25-28H,5-12,17-18H2,1-4H3/t19-,25-,26+,27-,28-/m1/s1. The molecular weight excluding hydrogens is 448 g/mol. The summed E-state index contributed by atoms with van der Waals surface area (Å²) in [4.78, 5) is 23.4. The van der Waals surface area contributed by atoms with Gasteiger partial charge in [0.25, 0.3) is 0 Å². The van der Waals surface area contributed by atoms with Crippen LogP contribution in [0.25, 0.3) is 0 Å². The van der Waals surface area contributed by atoms with Crippen molar-refractivity contribution in [3.63, 3.8) is 0 Å². The summed E-state index contributed by atoms with van der Waals surface area (Å²) in [5, 5.41) is 0. The van der Waals surface area contributed by atoms with Crippen LogP contribution in [0.3, 0.4) is 0 Å². The number of rotatable bonds is 12. The van der Waals surface area contributed by atoms with Crippen molar-refractivity contribution in [3.8, 4) is 5.75 Å². The lowest BCUT2D eigenvalue weighted by atomic mass is 9.89. The lowest BCUT2D eigenvalue weighted by Crippen LogP contribution is -2.57. The zero-order chi connectivity index (χ0) is 25.2. The lowest BCUT2D eigenvalue weighted by Gasteiger charge is -2.43. The number of unbranched alkanes of at least 4 members (excludes halogenated alkanes) is 1. The van der Waals surface area contributed by atoms with E-state index in [-0.39, 0.29) is 12.0 Å². The highest BCUT2D eigenvalue weighted by Gasteiger charge is 2.47. The van der Waals surface area contributed by atoms with Gasteiger partial charge in [0, 0.05) is 26.4 Å². The Balaban J connectivity index is 1.44. The fourth-order valence-electron chi connectivity index (χ4n) is 5.10. The van der Waals surface area contributed by atoms with Gasteiger partial charge in [-0.1, -0.05) is 38.8 Å². The fourth-order valence-corrected chi connectivity index (χ4v) is 5.10. The Morgan fingerprint density at radius 3 is 2.26 bits per heavy atom. The minimum atomic E-state index is -0.786. The van der Waals surface area contributed by atoms with Crippen LogP contribution in [0.2, 0.25) is 0 Å². The quantitative estimate of drug-likeness (QED) is 0.293. The number of carbonyl (C=O) groups is 2. The predicted octanol–water partition coefficient (Wildman–Crippen LogP) is 5.23. The molecule has 1 aromatic carbocycles. The molecule has 1 aliphatic heterocycles. The number of benzene rings is 1. The molecule has 1 saturated carbocycles. The largest absolute Gasteiger partial charge is 0.493 e. The van der Waals surface area contributed by atoms with E-state index in [1.165, 1.54) is 45.1 Å².